The van der Waals surface area contributed by atoms with E-state index in [0.717, 1.165) is 18.9 Å². The molecule has 0 bridgehead atoms. The summed E-state index contributed by atoms with van der Waals surface area (Å²) >= 11 is 2.02. The van der Waals surface area contributed by atoms with Crippen LogP contribution in [0.2, 0.25) is 0 Å². The zero-order valence-corrected chi connectivity index (χ0v) is 11.4. The van der Waals surface area contributed by atoms with Crippen LogP contribution in [0.5, 0.6) is 0 Å². The zero-order chi connectivity index (χ0) is 12.0. The normalized spacial score (nSPS) is 22.4. The van der Waals surface area contributed by atoms with E-state index >= 15 is 0 Å². The molecule has 1 amide bonds. The van der Waals surface area contributed by atoms with Gasteiger partial charge in [-0.25, -0.2) is 0 Å². The highest BCUT2D eigenvalue weighted by molar-refractivity contribution is 7.99. The maximum Gasteiger partial charge on any atom is 0.236 e. The molecule has 94 valence electrons. The maximum absolute atomic E-state index is 11.7. The number of amides is 1. The predicted molar refractivity (Wildman–Crippen MR) is 70.7 cm³/mol. The molecule has 4 heteroatoms. The minimum absolute atomic E-state index is 0.0180. The van der Waals surface area contributed by atoms with Gasteiger partial charge in [0.1, 0.15) is 0 Å². The number of thioether (sulfide) groups is 1. The molecule has 0 saturated carbocycles. The summed E-state index contributed by atoms with van der Waals surface area (Å²) in [4.78, 5) is 11.7. The van der Waals surface area contributed by atoms with Gasteiger partial charge in [-0.05, 0) is 42.7 Å². The fourth-order valence-electron chi connectivity index (χ4n) is 1.98. The summed E-state index contributed by atoms with van der Waals surface area (Å²) in [7, 11) is 1.71. The van der Waals surface area contributed by atoms with Crippen molar-refractivity contribution in [1.82, 2.24) is 10.6 Å². The lowest BCUT2D eigenvalue weighted by atomic mass is 10.0. The van der Waals surface area contributed by atoms with Crippen molar-refractivity contribution in [3.05, 3.63) is 0 Å². The standard InChI is InChI=1S/C12H24N2OS/c1-9(2)6-11(12(15)13-3)14-7-10-4-5-16-8-10/h9-11,14H,4-8H2,1-3H3,(H,13,15). The predicted octanol–water partition coefficient (Wildman–Crippen LogP) is 1.49. The Kier molecular flexibility index (Phi) is 6.21. The Morgan fingerprint density at radius 3 is 2.75 bits per heavy atom. The van der Waals surface area contributed by atoms with Crippen LogP contribution in [0.25, 0.3) is 0 Å². The zero-order valence-electron chi connectivity index (χ0n) is 10.6. The molecule has 0 radical (unpaired) electrons. The van der Waals surface area contributed by atoms with Gasteiger partial charge in [0.15, 0.2) is 0 Å². The van der Waals surface area contributed by atoms with Gasteiger partial charge in [0, 0.05) is 7.05 Å². The summed E-state index contributed by atoms with van der Waals surface area (Å²) in [5, 5.41) is 6.16. The van der Waals surface area contributed by atoms with Crippen LogP contribution >= 0.6 is 11.8 Å². The van der Waals surface area contributed by atoms with E-state index in [1.807, 2.05) is 11.8 Å². The van der Waals surface area contributed by atoms with Crippen molar-refractivity contribution in [2.24, 2.45) is 11.8 Å². The Morgan fingerprint density at radius 2 is 2.25 bits per heavy atom. The second kappa shape index (κ2) is 7.17. The topological polar surface area (TPSA) is 41.1 Å². The second-order valence-electron chi connectivity index (χ2n) is 4.93. The molecular formula is C12H24N2OS. The minimum Gasteiger partial charge on any atom is -0.358 e. The molecule has 3 nitrogen and oxygen atoms in total. The van der Waals surface area contributed by atoms with Crippen molar-refractivity contribution in [1.29, 1.82) is 0 Å². The Balaban J connectivity index is 2.33. The number of carbonyl (C=O) groups is 1. The summed E-state index contributed by atoms with van der Waals surface area (Å²) in [6.45, 7) is 5.30. The molecule has 2 atom stereocenters. The largest absolute Gasteiger partial charge is 0.358 e. The number of nitrogens with one attached hydrogen (secondary N) is 2. The molecule has 2 N–H and O–H groups in total. The monoisotopic (exact) mass is 244 g/mol. The number of hydrogen-bond acceptors (Lipinski definition) is 3. The summed E-state index contributed by atoms with van der Waals surface area (Å²) < 4.78 is 0. The van der Waals surface area contributed by atoms with Gasteiger partial charge >= 0.3 is 0 Å². The molecule has 1 rings (SSSR count). The fourth-order valence-corrected chi connectivity index (χ4v) is 3.27. The van der Waals surface area contributed by atoms with Gasteiger partial charge in [0.25, 0.3) is 0 Å². The van der Waals surface area contributed by atoms with Gasteiger partial charge < -0.3 is 10.6 Å². The van der Waals surface area contributed by atoms with E-state index in [1.165, 1.54) is 17.9 Å². The molecule has 0 aromatic heterocycles. The average Bonchev–Trinajstić information content (AvgIpc) is 2.75. The average molecular weight is 244 g/mol. The molecule has 1 fully saturated rings. The summed E-state index contributed by atoms with van der Waals surface area (Å²) in [5.41, 5.74) is 0. The van der Waals surface area contributed by atoms with Crippen LogP contribution in [0.1, 0.15) is 26.7 Å². The summed E-state index contributed by atoms with van der Waals surface area (Å²) in [5.74, 6) is 3.95. The SMILES string of the molecule is CNC(=O)C(CC(C)C)NCC1CCSC1. The highest BCUT2D eigenvalue weighted by Crippen LogP contribution is 2.22. The minimum atomic E-state index is -0.0180. The fraction of sp³-hybridized carbons (Fsp3) is 0.917. The molecule has 0 aliphatic carbocycles. The summed E-state index contributed by atoms with van der Waals surface area (Å²) in [6.07, 6.45) is 2.21. The van der Waals surface area contributed by atoms with Crippen molar-refractivity contribution in [3.8, 4) is 0 Å². The Morgan fingerprint density at radius 1 is 1.50 bits per heavy atom. The van der Waals surface area contributed by atoms with Crippen LogP contribution in [-0.2, 0) is 4.79 Å². The Bertz CT molecular complexity index is 215. The van der Waals surface area contributed by atoms with Crippen molar-refractivity contribution in [2.75, 3.05) is 25.1 Å². The molecule has 0 spiro atoms. The first kappa shape index (κ1) is 13.8. The first-order chi connectivity index (χ1) is 7.63. The van der Waals surface area contributed by atoms with Gasteiger partial charge in [-0.3, -0.25) is 4.79 Å². The second-order valence-corrected chi connectivity index (χ2v) is 6.08. The van der Waals surface area contributed by atoms with Crippen LogP contribution < -0.4 is 10.6 Å². The van der Waals surface area contributed by atoms with E-state index in [2.05, 4.69) is 24.5 Å². The van der Waals surface area contributed by atoms with Crippen LogP contribution in [0.15, 0.2) is 0 Å². The number of hydrogen-bond donors (Lipinski definition) is 2. The van der Waals surface area contributed by atoms with Gasteiger partial charge in [-0.2, -0.15) is 11.8 Å². The van der Waals surface area contributed by atoms with Crippen molar-refractivity contribution < 1.29 is 4.79 Å². The third-order valence-electron chi connectivity index (χ3n) is 2.95. The smallest absolute Gasteiger partial charge is 0.236 e. The van der Waals surface area contributed by atoms with Crippen LogP contribution in [-0.4, -0.2) is 37.0 Å². The van der Waals surface area contributed by atoms with E-state index in [-0.39, 0.29) is 11.9 Å². The molecule has 0 aromatic rings. The first-order valence-corrected chi connectivity index (χ1v) is 7.31. The molecule has 2 unspecified atom stereocenters. The van der Waals surface area contributed by atoms with Gasteiger partial charge in [-0.1, -0.05) is 13.8 Å². The maximum atomic E-state index is 11.7. The molecule has 0 aromatic carbocycles. The van der Waals surface area contributed by atoms with E-state index < -0.39 is 0 Å². The quantitative estimate of drug-likeness (QED) is 0.744. The molecule has 1 aliphatic heterocycles. The van der Waals surface area contributed by atoms with Gasteiger partial charge in [-0.15, -0.1) is 0 Å². The van der Waals surface area contributed by atoms with E-state index in [1.54, 1.807) is 7.05 Å². The molecule has 1 saturated heterocycles. The molecule has 16 heavy (non-hydrogen) atoms. The van der Waals surface area contributed by atoms with E-state index in [4.69, 9.17) is 0 Å². The first-order valence-electron chi connectivity index (χ1n) is 6.16. The highest BCUT2D eigenvalue weighted by atomic mass is 32.2. The van der Waals surface area contributed by atoms with Crippen LogP contribution in [0.3, 0.4) is 0 Å². The Labute approximate surface area is 103 Å². The van der Waals surface area contributed by atoms with Crippen LogP contribution in [0, 0.1) is 11.8 Å². The van der Waals surface area contributed by atoms with Gasteiger partial charge in [0.2, 0.25) is 5.91 Å². The third-order valence-corrected chi connectivity index (χ3v) is 4.18. The van der Waals surface area contributed by atoms with Crippen molar-refractivity contribution in [3.63, 3.8) is 0 Å². The van der Waals surface area contributed by atoms with Crippen molar-refractivity contribution >= 4 is 17.7 Å². The van der Waals surface area contributed by atoms with E-state index in [0.29, 0.717) is 5.92 Å². The lowest BCUT2D eigenvalue weighted by Gasteiger charge is -2.21. The Hall–Kier alpha value is -0.220. The van der Waals surface area contributed by atoms with Crippen molar-refractivity contribution in [2.45, 2.75) is 32.7 Å². The van der Waals surface area contributed by atoms with Gasteiger partial charge in [0.05, 0.1) is 6.04 Å². The third kappa shape index (κ3) is 4.74. The molecular weight excluding hydrogens is 220 g/mol. The summed E-state index contributed by atoms with van der Waals surface area (Å²) in [6, 6.07) is -0.0180. The molecule has 1 aliphatic rings. The lowest BCUT2D eigenvalue weighted by molar-refractivity contribution is -0.123. The van der Waals surface area contributed by atoms with Crippen LogP contribution in [0.4, 0.5) is 0 Å². The number of carbonyl (C=O) groups excluding carboxylic acids is 1. The van der Waals surface area contributed by atoms with E-state index in [9.17, 15) is 4.79 Å². The number of likely N-dealkylation sites (N-methyl/N-ethyl adjacent to an activating group) is 1. The molecule has 1 heterocycles. The highest BCUT2D eigenvalue weighted by Gasteiger charge is 2.21. The lowest BCUT2D eigenvalue weighted by Crippen LogP contribution is -2.45. The number of rotatable bonds is 6.